The minimum atomic E-state index is -3.26. The van der Waals surface area contributed by atoms with Gasteiger partial charge in [0.05, 0.1) is 5.75 Å². The molecule has 2 bridgehead atoms. The lowest BCUT2D eigenvalue weighted by molar-refractivity contribution is 0.0923. The molecule has 1 aliphatic heterocycles. The summed E-state index contributed by atoms with van der Waals surface area (Å²) in [6.45, 7) is 1.26. The van der Waals surface area contributed by atoms with Crippen LogP contribution in [-0.4, -0.2) is 37.8 Å². The van der Waals surface area contributed by atoms with Gasteiger partial charge in [-0.25, -0.2) is 12.7 Å². The number of carbonyl (C=O) groups is 1. The first-order valence-electron chi connectivity index (χ1n) is 9.89. The lowest BCUT2D eigenvalue weighted by atomic mass is 9.95. The van der Waals surface area contributed by atoms with E-state index >= 15 is 0 Å². The van der Waals surface area contributed by atoms with Gasteiger partial charge in [-0.3, -0.25) is 4.79 Å². The standard InChI is InChI=1S/C20H28N2O3S/c23-20(21-19-13-16-6-9-18(19)12-16)17-7-4-15(5-8-17)14-26(24,25)22-10-2-1-3-11-22/h4-5,7-8,16,18-19H,1-3,6,9-14H2,(H,21,23)/t16-,18-,19+/m1/s1. The Hall–Kier alpha value is -1.40. The van der Waals surface area contributed by atoms with Crippen LogP contribution in [0.15, 0.2) is 24.3 Å². The lowest BCUT2D eigenvalue weighted by Gasteiger charge is -2.26. The normalized spacial score (nSPS) is 29.0. The number of hydrogen-bond donors (Lipinski definition) is 1. The highest BCUT2D eigenvalue weighted by Crippen LogP contribution is 2.44. The van der Waals surface area contributed by atoms with Gasteiger partial charge in [0.15, 0.2) is 0 Å². The minimum Gasteiger partial charge on any atom is -0.349 e. The second-order valence-electron chi connectivity index (χ2n) is 8.17. The number of amides is 1. The quantitative estimate of drug-likeness (QED) is 0.859. The molecule has 1 aromatic carbocycles. The van der Waals surface area contributed by atoms with Gasteiger partial charge < -0.3 is 5.32 Å². The highest BCUT2D eigenvalue weighted by molar-refractivity contribution is 7.88. The summed E-state index contributed by atoms with van der Waals surface area (Å²) in [5.74, 6) is 1.43. The first-order chi connectivity index (χ1) is 12.5. The van der Waals surface area contributed by atoms with E-state index in [9.17, 15) is 13.2 Å². The highest BCUT2D eigenvalue weighted by Gasteiger charge is 2.40. The van der Waals surface area contributed by atoms with Crippen LogP contribution >= 0.6 is 0 Å². The van der Waals surface area contributed by atoms with Gasteiger partial charge in [0, 0.05) is 24.7 Å². The van der Waals surface area contributed by atoms with Gasteiger partial charge in [0.25, 0.3) is 5.91 Å². The maximum absolute atomic E-state index is 12.5. The Labute approximate surface area is 156 Å². The third kappa shape index (κ3) is 3.81. The molecule has 3 fully saturated rings. The van der Waals surface area contributed by atoms with Crippen LogP contribution in [-0.2, 0) is 15.8 Å². The molecule has 1 amide bonds. The molecule has 5 nitrogen and oxygen atoms in total. The molecule has 1 N–H and O–H groups in total. The van der Waals surface area contributed by atoms with Crippen LogP contribution in [0.3, 0.4) is 0 Å². The van der Waals surface area contributed by atoms with Crippen molar-refractivity contribution in [2.75, 3.05) is 13.1 Å². The minimum absolute atomic E-state index is 0.0152. The number of piperidine rings is 1. The monoisotopic (exact) mass is 376 g/mol. The van der Waals surface area contributed by atoms with Gasteiger partial charge in [-0.05, 0) is 61.6 Å². The van der Waals surface area contributed by atoms with E-state index in [1.165, 1.54) is 19.3 Å². The second kappa shape index (κ2) is 7.31. The maximum Gasteiger partial charge on any atom is 0.251 e. The summed E-state index contributed by atoms with van der Waals surface area (Å²) < 4.78 is 26.7. The number of benzene rings is 1. The van der Waals surface area contributed by atoms with Crippen LogP contribution in [0.1, 0.15) is 60.9 Å². The molecule has 2 aliphatic carbocycles. The number of rotatable bonds is 5. The average Bonchev–Trinajstić information content (AvgIpc) is 3.26. The Morgan fingerprint density at radius 2 is 1.77 bits per heavy atom. The fourth-order valence-corrected chi connectivity index (χ4v) is 6.48. The topological polar surface area (TPSA) is 66.5 Å². The van der Waals surface area contributed by atoms with Crippen molar-refractivity contribution in [2.24, 2.45) is 11.8 Å². The van der Waals surface area contributed by atoms with Crippen molar-refractivity contribution in [3.63, 3.8) is 0 Å². The Bertz CT molecular complexity index is 754. The van der Waals surface area contributed by atoms with Crippen molar-refractivity contribution in [1.82, 2.24) is 9.62 Å². The number of sulfonamides is 1. The molecule has 1 heterocycles. The van der Waals surface area contributed by atoms with Crippen molar-refractivity contribution < 1.29 is 13.2 Å². The van der Waals surface area contributed by atoms with E-state index in [-0.39, 0.29) is 11.7 Å². The van der Waals surface area contributed by atoms with Gasteiger partial charge in [0.1, 0.15) is 0 Å². The molecule has 142 valence electrons. The summed E-state index contributed by atoms with van der Waals surface area (Å²) >= 11 is 0. The lowest BCUT2D eigenvalue weighted by Crippen LogP contribution is -2.38. The van der Waals surface area contributed by atoms with Gasteiger partial charge in [-0.15, -0.1) is 0 Å². The summed E-state index contributed by atoms with van der Waals surface area (Å²) in [6.07, 6.45) is 7.93. The second-order valence-corrected chi connectivity index (χ2v) is 10.1. The third-order valence-electron chi connectivity index (χ3n) is 6.33. The van der Waals surface area contributed by atoms with E-state index in [1.54, 1.807) is 28.6 Å². The SMILES string of the molecule is O=C(N[C@H]1C[C@@H]2CC[C@@H]1C2)c1ccc(CS(=O)(=O)N2CCCCC2)cc1. The smallest absolute Gasteiger partial charge is 0.251 e. The molecule has 6 heteroatoms. The molecule has 0 spiro atoms. The first-order valence-corrected chi connectivity index (χ1v) is 11.5. The zero-order valence-corrected chi connectivity index (χ0v) is 16.0. The van der Waals surface area contributed by atoms with Crippen molar-refractivity contribution in [3.05, 3.63) is 35.4 Å². The predicted molar refractivity (Wildman–Crippen MR) is 101 cm³/mol. The van der Waals surface area contributed by atoms with E-state index < -0.39 is 10.0 Å². The first kappa shape index (κ1) is 18.0. The molecule has 2 saturated carbocycles. The molecule has 4 rings (SSSR count). The number of fused-ring (bicyclic) bond motifs is 2. The Morgan fingerprint density at radius 3 is 2.38 bits per heavy atom. The van der Waals surface area contributed by atoms with E-state index in [0.29, 0.717) is 30.6 Å². The molecule has 0 aromatic heterocycles. The summed E-state index contributed by atoms with van der Waals surface area (Å²) in [5.41, 5.74) is 1.36. The molecular formula is C20H28N2O3S. The van der Waals surface area contributed by atoms with E-state index in [1.807, 2.05) is 0 Å². The Morgan fingerprint density at radius 1 is 1.04 bits per heavy atom. The predicted octanol–water partition coefficient (Wildman–Crippen LogP) is 2.92. The van der Waals surface area contributed by atoms with E-state index in [4.69, 9.17) is 0 Å². The average molecular weight is 377 g/mol. The Kier molecular flexibility index (Phi) is 5.06. The van der Waals surface area contributed by atoms with Crippen LogP contribution in [0.5, 0.6) is 0 Å². The molecule has 0 unspecified atom stereocenters. The molecule has 3 aliphatic rings. The van der Waals surface area contributed by atoms with Crippen LogP contribution in [0, 0.1) is 11.8 Å². The Balaban J connectivity index is 1.36. The van der Waals surface area contributed by atoms with Gasteiger partial charge in [0.2, 0.25) is 10.0 Å². The van der Waals surface area contributed by atoms with Gasteiger partial charge in [-0.2, -0.15) is 0 Å². The zero-order valence-electron chi connectivity index (χ0n) is 15.2. The number of nitrogens with one attached hydrogen (secondary N) is 1. The fraction of sp³-hybridized carbons (Fsp3) is 0.650. The van der Waals surface area contributed by atoms with Crippen LogP contribution in [0.2, 0.25) is 0 Å². The van der Waals surface area contributed by atoms with Crippen LogP contribution < -0.4 is 5.32 Å². The zero-order chi connectivity index (χ0) is 18.1. The van der Waals surface area contributed by atoms with E-state index in [2.05, 4.69) is 5.32 Å². The fourth-order valence-electron chi connectivity index (χ4n) is 4.87. The molecule has 3 atom stereocenters. The third-order valence-corrected chi connectivity index (χ3v) is 8.18. The number of carbonyl (C=O) groups excluding carboxylic acids is 1. The summed E-state index contributed by atoms with van der Waals surface area (Å²) in [6, 6.07) is 7.38. The molecule has 1 aromatic rings. The van der Waals surface area contributed by atoms with Crippen LogP contribution in [0.25, 0.3) is 0 Å². The summed E-state index contributed by atoms with van der Waals surface area (Å²) in [7, 11) is -3.26. The largest absolute Gasteiger partial charge is 0.349 e. The molecule has 26 heavy (non-hydrogen) atoms. The molecule has 1 saturated heterocycles. The summed E-state index contributed by atoms with van der Waals surface area (Å²) in [5, 5.41) is 3.18. The van der Waals surface area contributed by atoms with Crippen molar-refractivity contribution in [3.8, 4) is 0 Å². The van der Waals surface area contributed by atoms with Crippen molar-refractivity contribution in [2.45, 2.75) is 56.7 Å². The molecule has 0 radical (unpaired) electrons. The van der Waals surface area contributed by atoms with Crippen LogP contribution in [0.4, 0.5) is 0 Å². The van der Waals surface area contributed by atoms with Gasteiger partial charge in [-0.1, -0.05) is 25.0 Å². The maximum atomic E-state index is 12.5. The molecular weight excluding hydrogens is 348 g/mol. The summed E-state index contributed by atoms with van der Waals surface area (Å²) in [4.78, 5) is 12.5. The van der Waals surface area contributed by atoms with Crippen molar-refractivity contribution >= 4 is 15.9 Å². The number of hydrogen-bond acceptors (Lipinski definition) is 3. The van der Waals surface area contributed by atoms with Crippen molar-refractivity contribution in [1.29, 1.82) is 0 Å². The highest BCUT2D eigenvalue weighted by atomic mass is 32.2. The van der Waals surface area contributed by atoms with E-state index in [0.717, 1.165) is 37.2 Å². The van der Waals surface area contributed by atoms with Gasteiger partial charge >= 0.3 is 0 Å². The number of nitrogens with zero attached hydrogens (tertiary/aromatic N) is 1.